The topological polar surface area (TPSA) is 101 Å². The summed E-state index contributed by atoms with van der Waals surface area (Å²) in [6.07, 6.45) is 0. The molecule has 1 atom stereocenters. The summed E-state index contributed by atoms with van der Waals surface area (Å²) in [5.74, 6) is 0.269. The fourth-order valence-corrected chi connectivity index (χ4v) is 2.66. The van der Waals surface area contributed by atoms with E-state index in [1.807, 2.05) is 6.07 Å². The molecule has 122 valence electrons. The smallest absolute Gasteiger partial charge is 0.328 e. The summed E-state index contributed by atoms with van der Waals surface area (Å²) >= 11 is 1.30. The van der Waals surface area contributed by atoms with Gasteiger partial charge in [0.25, 0.3) is 5.56 Å². The Labute approximate surface area is 136 Å². The van der Waals surface area contributed by atoms with Gasteiger partial charge in [-0.25, -0.2) is 9.78 Å². The molecule has 0 radical (unpaired) electrons. The Balaban J connectivity index is 1.90. The van der Waals surface area contributed by atoms with Crippen molar-refractivity contribution in [1.82, 2.24) is 15.3 Å². The van der Waals surface area contributed by atoms with Gasteiger partial charge in [-0.2, -0.15) is 0 Å². The molecule has 0 saturated carbocycles. The SMILES string of the molecule is COC(=O)[C@H](C)NC(=O)CSCc1nc2ccccc2c(=O)[nH]1. The van der Waals surface area contributed by atoms with E-state index in [4.69, 9.17) is 0 Å². The second-order valence-electron chi connectivity index (χ2n) is 4.83. The number of benzene rings is 1. The number of carbonyl (C=O) groups excluding carboxylic acids is 2. The third-order valence-electron chi connectivity index (χ3n) is 3.07. The van der Waals surface area contributed by atoms with Crippen molar-refractivity contribution in [2.45, 2.75) is 18.7 Å². The predicted molar refractivity (Wildman–Crippen MR) is 88.1 cm³/mol. The first kappa shape index (κ1) is 17.0. The summed E-state index contributed by atoms with van der Waals surface area (Å²) < 4.78 is 4.53. The zero-order chi connectivity index (χ0) is 16.8. The van der Waals surface area contributed by atoms with E-state index in [0.29, 0.717) is 22.5 Å². The molecule has 0 aliphatic carbocycles. The van der Waals surface area contributed by atoms with E-state index < -0.39 is 12.0 Å². The van der Waals surface area contributed by atoms with E-state index in [-0.39, 0.29) is 17.2 Å². The molecule has 0 aliphatic heterocycles. The van der Waals surface area contributed by atoms with Crippen molar-refractivity contribution < 1.29 is 14.3 Å². The van der Waals surface area contributed by atoms with E-state index in [0.717, 1.165) is 0 Å². The number of hydrogen-bond donors (Lipinski definition) is 2. The average molecular weight is 335 g/mol. The Bertz CT molecular complexity index is 775. The van der Waals surface area contributed by atoms with Gasteiger partial charge in [-0.05, 0) is 19.1 Å². The number of methoxy groups -OCH3 is 1. The minimum atomic E-state index is -0.688. The van der Waals surface area contributed by atoms with Crippen molar-refractivity contribution in [3.05, 3.63) is 40.4 Å². The molecule has 0 unspecified atom stereocenters. The number of esters is 1. The molecule has 0 fully saturated rings. The fraction of sp³-hybridized carbons (Fsp3) is 0.333. The standard InChI is InChI=1S/C15H17N3O4S/c1-9(15(21)22-2)16-13(19)8-23-7-12-17-11-6-4-3-5-10(11)14(20)18-12/h3-6,9H,7-8H2,1-2H3,(H,16,19)(H,17,18,20)/t9-/m0/s1. The van der Waals surface area contributed by atoms with Crippen molar-refractivity contribution in [2.75, 3.05) is 12.9 Å². The van der Waals surface area contributed by atoms with E-state index >= 15 is 0 Å². The molecule has 0 aliphatic rings. The highest BCUT2D eigenvalue weighted by molar-refractivity contribution is 7.99. The zero-order valence-corrected chi connectivity index (χ0v) is 13.6. The Hall–Kier alpha value is -2.35. The number of rotatable bonds is 6. The number of H-pyrrole nitrogens is 1. The first-order valence-corrected chi connectivity index (χ1v) is 8.09. The highest BCUT2D eigenvalue weighted by atomic mass is 32.2. The van der Waals surface area contributed by atoms with Gasteiger partial charge in [0.15, 0.2) is 0 Å². The Morgan fingerprint density at radius 2 is 2.13 bits per heavy atom. The molecule has 1 heterocycles. The van der Waals surface area contributed by atoms with Crippen molar-refractivity contribution in [3.8, 4) is 0 Å². The van der Waals surface area contributed by atoms with Gasteiger partial charge in [-0.1, -0.05) is 12.1 Å². The highest BCUT2D eigenvalue weighted by Gasteiger charge is 2.15. The number of hydrogen-bond acceptors (Lipinski definition) is 6. The summed E-state index contributed by atoms with van der Waals surface area (Å²) in [4.78, 5) is 41.9. The fourth-order valence-electron chi connectivity index (χ4n) is 1.96. The van der Waals surface area contributed by atoms with E-state index in [1.54, 1.807) is 25.1 Å². The van der Waals surface area contributed by atoms with Crippen LogP contribution in [0.5, 0.6) is 0 Å². The molecule has 1 aromatic heterocycles. The summed E-state index contributed by atoms with van der Waals surface area (Å²) in [5.41, 5.74) is 0.422. The molecule has 0 spiro atoms. The minimum absolute atomic E-state index is 0.151. The largest absolute Gasteiger partial charge is 0.467 e. The number of aromatic amines is 1. The van der Waals surface area contributed by atoms with E-state index in [9.17, 15) is 14.4 Å². The lowest BCUT2D eigenvalue weighted by atomic mass is 10.2. The average Bonchev–Trinajstić information content (AvgIpc) is 2.54. The van der Waals surface area contributed by atoms with Crippen LogP contribution in [0.4, 0.5) is 0 Å². The third-order valence-corrected chi connectivity index (χ3v) is 4.01. The molecule has 1 aromatic carbocycles. The maximum absolute atomic E-state index is 11.9. The van der Waals surface area contributed by atoms with Gasteiger partial charge < -0.3 is 15.0 Å². The molecular formula is C15H17N3O4S. The monoisotopic (exact) mass is 335 g/mol. The number of para-hydroxylation sites is 1. The second-order valence-corrected chi connectivity index (χ2v) is 5.82. The number of nitrogens with zero attached hydrogens (tertiary/aromatic N) is 1. The summed E-state index contributed by atoms with van der Waals surface area (Å²) in [5, 5.41) is 3.06. The van der Waals surface area contributed by atoms with Crippen LogP contribution in [0.1, 0.15) is 12.7 Å². The van der Waals surface area contributed by atoms with Gasteiger partial charge in [0.2, 0.25) is 5.91 Å². The maximum atomic E-state index is 11.9. The van der Waals surface area contributed by atoms with Gasteiger partial charge >= 0.3 is 5.97 Å². The lowest BCUT2D eigenvalue weighted by molar-refractivity contribution is -0.144. The third kappa shape index (κ3) is 4.56. The van der Waals surface area contributed by atoms with Crippen LogP contribution in [-0.4, -0.2) is 40.7 Å². The molecule has 8 heteroatoms. The van der Waals surface area contributed by atoms with Crippen LogP contribution in [0.3, 0.4) is 0 Å². The van der Waals surface area contributed by atoms with Crippen LogP contribution in [0.15, 0.2) is 29.1 Å². The second kappa shape index (κ2) is 7.77. The number of thioether (sulfide) groups is 1. The minimum Gasteiger partial charge on any atom is -0.467 e. The summed E-state index contributed by atoms with van der Waals surface area (Å²) in [6.45, 7) is 1.55. The number of amides is 1. The van der Waals surface area contributed by atoms with Crippen LogP contribution in [0.2, 0.25) is 0 Å². The number of fused-ring (bicyclic) bond motifs is 1. The number of ether oxygens (including phenoxy) is 1. The number of aromatic nitrogens is 2. The van der Waals surface area contributed by atoms with Crippen LogP contribution >= 0.6 is 11.8 Å². The molecule has 7 nitrogen and oxygen atoms in total. The molecule has 2 rings (SSSR count). The quantitative estimate of drug-likeness (QED) is 0.759. The zero-order valence-electron chi connectivity index (χ0n) is 12.8. The van der Waals surface area contributed by atoms with Gasteiger partial charge in [0.1, 0.15) is 11.9 Å². The highest BCUT2D eigenvalue weighted by Crippen LogP contribution is 2.11. The van der Waals surface area contributed by atoms with Crippen LogP contribution in [0, 0.1) is 0 Å². The van der Waals surface area contributed by atoms with Crippen LogP contribution in [-0.2, 0) is 20.1 Å². The molecule has 2 aromatic rings. The first-order valence-electron chi connectivity index (χ1n) is 6.94. The van der Waals surface area contributed by atoms with E-state index in [1.165, 1.54) is 18.9 Å². The Kier molecular flexibility index (Phi) is 5.75. The molecule has 2 N–H and O–H groups in total. The molecule has 0 bridgehead atoms. The van der Waals surface area contributed by atoms with Gasteiger partial charge in [-0.15, -0.1) is 11.8 Å². The molecule has 1 amide bonds. The number of nitrogens with one attached hydrogen (secondary N) is 2. The lowest BCUT2D eigenvalue weighted by Crippen LogP contribution is -2.40. The van der Waals surface area contributed by atoms with Crippen molar-refractivity contribution in [1.29, 1.82) is 0 Å². The van der Waals surface area contributed by atoms with Crippen molar-refractivity contribution in [3.63, 3.8) is 0 Å². The van der Waals surface area contributed by atoms with Gasteiger partial charge in [-0.3, -0.25) is 9.59 Å². The Morgan fingerprint density at radius 3 is 2.87 bits per heavy atom. The van der Waals surface area contributed by atoms with Gasteiger partial charge in [0.05, 0.1) is 29.5 Å². The first-order chi connectivity index (χ1) is 11.0. The molecule has 23 heavy (non-hydrogen) atoms. The summed E-state index contributed by atoms with van der Waals surface area (Å²) in [7, 11) is 1.27. The van der Waals surface area contributed by atoms with Crippen molar-refractivity contribution in [2.24, 2.45) is 0 Å². The molecule has 0 saturated heterocycles. The van der Waals surface area contributed by atoms with E-state index in [2.05, 4.69) is 20.0 Å². The normalized spacial score (nSPS) is 11.9. The van der Waals surface area contributed by atoms with Crippen molar-refractivity contribution >= 4 is 34.5 Å². The summed E-state index contributed by atoms with van der Waals surface area (Å²) in [6, 6.07) is 6.38. The van der Waals surface area contributed by atoms with Crippen LogP contribution < -0.4 is 10.9 Å². The Morgan fingerprint density at radius 1 is 1.39 bits per heavy atom. The molecular weight excluding hydrogens is 318 g/mol. The van der Waals surface area contributed by atoms with Gasteiger partial charge in [0, 0.05) is 0 Å². The lowest BCUT2D eigenvalue weighted by Gasteiger charge is -2.11. The number of carbonyl (C=O) groups is 2. The maximum Gasteiger partial charge on any atom is 0.328 e. The van der Waals surface area contributed by atoms with Crippen LogP contribution in [0.25, 0.3) is 10.9 Å². The predicted octanol–water partition coefficient (Wildman–Crippen LogP) is 0.834.